The summed E-state index contributed by atoms with van der Waals surface area (Å²) >= 11 is 3.39. The number of ether oxygens (including phenoxy) is 1. The molecule has 2 atom stereocenters. The second-order valence-electron chi connectivity index (χ2n) is 5.13. The fourth-order valence-electron chi connectivity index (χ4n) is 2.46. The molecule has 0 aromatic heterocycles. The van der Waals surface area contributed by atoms with Gasteiger partial charge in [0.2, 0.25) is 0 Å². The van der Waals surface area contributed by atoms with E-state index in [1.807, 2.05) is 24.3 Å². The van der Waals surface area contributed by atoms with Gasteiger partial charge in [-0.2, -0.15) is 0 Å². The second kappa shape index (κ2) is 6.37. The minimum absolute atomic E-state index is 0.212. The van der Waals surface area contributed by atoms with Crippen LogP contribution in [0.15, 0.2) is 28.7 Å². The van der Waals surface area contributed by atoms with Gasteiger partial charge < -0.3 is 4.74 Å². The van der Waals surface area contributed by atoms with Crippen LogP contribution in [0.5, 0.6) is 5.75 Å². The van der Waals surface area contributed by atoms with Gasteiger partial charge in [-0.3, -0.25) is 4.79 Å². The Labute approximate surface area is 117 Å². The van der Waals surface area contributed by atoms with Crippen molar-refractivity contribution in [3.63, 3.8) is 0 Å². The van der Waals surface area contributed by atoms with Crippen LogP contribution in [0.4, 0.5) is 0 Å². The van der Waals surface area contributed by atoms with E-state index in [4.69, 9.17) is 4.74 Å². The molecule has 1 aliphatic carbocycles. The number of Topliss-reactive ketones (excluding diaryl/α,β-unsaturated/α-hetero) is 1. The van der Waals surface area contributed by atoms with Crippen LogP contribution in [-0.2, 0) is 4.79 Å². The maximum atomic E-state index is 11.8. The molecule has 0 amide bonds. The molecule has 0 spiro atoms. The summed E-state index contributed by atoms with van der Waals surface area (Å²) in [6.45, 7) is 2.86. The molecular weight excluding hydrogens is 292 g/mol. The van der Waals surface area contributed by atoms with Crippen LogP contribution in [-0.4, -0.2) is 12.4 Å². The Morgan fingerprint density at radius 3 is 2.78 bits per heavy atom. The molecule has 1 fully saturated rings. The van der Waals surface area contributed by atoms with Gasteiger partial charge in [-0.15, -0.1) is 0 Å². The third-order valence-electron chi connectivity index (χ3n) is 3.57. The Bertz CT molecular complexity index is 399. The van der Waals surface area contributed by atoms with Gasteiger partial charge in [-0.25, -0.2) is 0 Å². The lowest BCUT2D eigenvalue weighted by molar-refractivity contribution is -0.125. The Morgan fingerprint density at radius 1 is 1.33 bits per heavy atom. The van der Waals surface area contributed by atoms with Gasteiger partial charge in [0.25, 0.3) is 0 Å². The summed E-state index contributed by atoms with van der Waals surface area (Å²) in [4.78, 5) is 11.8. The quantitative estimate of drug-likeness (QED) is 0.832. The molecule has 1 saturated carbocycles. The molecule has 3 heteroatoms. The molecule has 0 aliphatic heterocycles. The first-order valence-electron chi connectivity index (χ1n) is 6.56. The first kappa shape index (κ1) is 13.6. The molecule has 0 radical (unpaired) electrons. The highest BCUT2D eigenvalue weighted by Crippen LogP contribution is 2.28. The molecule has 0 saturated heterocycles. The van der Waals surface area contributed by atoms with Gasteiger partial charge in [-0.1, -0.05) is 22.9 Å². The summed E-state index contributed by atoms with van der Waals surface area (Å²) in [5.41, 5.74) is 0. The maximum absolute atomic E-state index is 11.8. The van der Waals surface area contributed by atoms with Crippen LogP contribution in [0.1, 0.15) is 32.6 Å². The van der Waals surface area contributed by atoms with Crippen molar-refractivity contribution in [3.05, 3.63) is 28.7 Å². The van der Waals surface area contributed by atoms with Gasteiger partial charge in [-0.05, 0) is 49.4 Å². The summed E-state index contributed by atoms with van der Waals surface area (Å²) in [7, 11) is 0. The number of ketones is 1. The Morgan fingerprint density at radius 2 is 2.06 bits per heavy atom. The standard InChI is InChI=1S/C15H19BrO2/c1-11-2-7-15(17)12(10-11)8-9-18-14-5-3-13(16)4-6-14/h3-6,11-12H,2,7-10H2,1H3. The van der Waals surface area contributed by atoms with E-state index in [-0.39, 0.29) is 5.92 Å². The van der Waals surface area contributed by atoms with Crippen LogP contribution in [0.2, 0.25) is 0 Å². The van der Waals surface area contributed by atoms with Crippen molar-refractivity contribution in [2.45, 2.75) is 32.6 Å². The van der Waals surface area contributed by atoms with E-state index >= 15 is 0 Å². The zero-order valence-electron chi connectivity index (χ0n) is 10.7. The molecular formula is C15H19BrO2. The lowest BCUT2D eigenvalue weighted by Gasteiger charge is -2.25. The average molecular weight is 311 g/mol. The summed E-state index contributed by atoms with van der Waals surface area (Å²) in [5.74, 6) is 2.19. The summed E-state index contributed by atoms with van der Waals surface area (Å²) in [5, 5.41) is 0. The largest absolute Gasteiger partial charge is 0.494 e. The van der Waals surface area contributed by atoms with Crippen molar-refractivity contribution < 1.29 is 9.53 Å². The molecule has 2 rings (SSSR count). The normalized spacial score (nSPS) is 24.0. The number of carbonyl (C=O) groups is 1. The summed E-state index contributed by atoms with van der Waals surface area (Å²) in [6, 6.07) is 7.80. The van der Waals surface area contributed by atoms with Crippen LogP contribution in [0.25, 0.3) is 0 Å². The first-order chi connectivity index (χ1) is 8.65. The second-order valence-corrected chi connectivity index (χ2v) is 6.05. The predicted molar refractivity (Wildman–Crippen MR) is 75.8 cm³/mol. The third kappa shape index (κ3) is 3.84. The van der Waals surface area contributed by atoms with E-state index in [9.17, 15) is 4.79 Å². The molecule has 1 aromatic carbocycles. The van der Waals surface area contributed by atoms with Gasteiger partial charge >= 0.3 is 0 Å². The lowest BCUT2D eigenvalue weighted by atomic mass is 9.80. The van der Waals surface area contributed by atoms with E-state index < -0.39 is 0 Å². The van der Waals surface area contributed by atoms with E-state index in [2.05, 4.69) is 22.9 Å². The Hall–Kier alpha value is -0.830. The fraction of sp³-hybridized carbons (Fsp3) is 0.533. The number of rotatable bonds is 4. The van der Waals surface area contributed by atoms with Crippen LogP contribution < -0.4 is 4.74 Å². The number of hydrogen-bond acceptors (Lipinski definition) is 2. The van der Waals surface area contributed by atoms with Crippen molar-refractivity contribution >= 4 is 21.7 Å². The summed E-state index contributed by atoms with van der Waals surface area (Å²) in [6.07, 6.45) is 3.69. The van der Waals surface area contributed by atoms with Crippen molar-refractivity contribution in [1.29, 1.82) is 0 Å². The first-order valence-corrected chi connectivity index (χ1v) is 7.35. The molecule has 0 heterocycles. The number of benzene rings is 1. The molecule has 1 aliphatic rings. The molecule has 18 heavy (non-hydrogen) atoms. The predicted octanol–water partition coefficient (Wildman–Crippen LogP) is 4.22. The van der Waals surface area contributed by atoms with Crippen LogP contribution >= 0.6 is 15.9 Å². The molecule has 0 bridgehead atoms. The van der Waals surface area contributed by atoms with Crippen LogP contribution in [0.3, 0.4) is 0 Å². The van der Waals surface area contributed by atoms with Crippen molar-refractivity contribution in [2.24, 2.45) is 11.8 Å². The molecule has 1 aromatic rings. The van der Waals surface area contributed by atoms with Gasteiger partial charge in [0.05, 0.1) is 6.61 Å². The zero-order chi connectivity index (χ0) is 13.0. The topological polar surface area (TPSA) is 26.3 Å². The van der Waals surface area contributed by atoms with Gasteiger partial charge in [0.15, 0.2) is 0 Å². The number of carbonyl (C=O) groups excluding carboxylic acids is 1. The number of halogens is 1. The van der Waals surface area contributed by atoms with Crippen molar-refractivity contribution in [1.82, 2.24) is 0 Å². The smallest absolute Gasteiger partial charge is 0.136 e. The minimum Gasteiger partial charge on any atom is -0.494 e. The van der Waals surface area contributed by atoms with Crippen molar-refractivity contribution in [2.75, 3.05) is 6.61 Å². The van der Waals surface area contributed by atoms with Crippen molar-refractivity contribution in [3.8, 4) is 5.75 Å². The molecule has 2 nitrogen and oxygen atoms in total. The minimum atomic E-state index is 0.212. The van der Waals surface area contributed by atoms with E-state index in [1.165, 1.54) is 0 Å². The SMILES string of the molecule is CC1CCC(=O)C(CCOc2ccc(Br)cc2)C1. The van der Waals surface area contributed by atoms with E-state index in [1.54, 1.807) is 0 Å². The highest BCUT2D eigenvalue weighted by atomic mass is 79.9. The van der Waals surface area contributed by atoms with Gasteiger partial charge in [0.1, 0.15) is 11.5 Å². The fourth-order valence-corrected chi connectivity index (χ4v) is 2.72. The number of hydrogen-bond donors (Lipinski definition) is 0. The maximum Gasteiger partial charge on any atom is 0.136 e. The average Bonchev–Trinajstić information content (AvgIpc) is 2.36. The van der Waals surface area contributed by atoms with Crippen LogP contribution in [0, 0.1) is 11.8 Å². The molecule has 2 unspecified atom stereocenters. The van der Waals surface area contributed by atoms with E-state index in [0.29, 0.717) is 18.3 Å². The molecule has 98 valence electrons. The third-order valence-corrected chi connectivity index (χ3v) is 4.10. The highest BCUT2D eigenvalue weighted by Gasteiger charge is 2.25. The zero-order valence-corrected chi connectivity index (χ0v) is 12.3. The van der Waals surface area contributed by atoms with Gasteiger partial charge in [0, 0.05) is 16.8 Å². The van der Waals surface area contributed by atoms with E-state index in [0.717, 1.165) is 35.9 Å². The highest BCUT2D eigenvalue weighted by molar-refractivity contribution is 9.10. The summed E-state index contributed by atoms with van der Waals surface area (Å²) < 4.78 is 6.72. The Balaban J connectivity index is 1.77. The lowest BCUT2D eigenvalue weighted by Crippen LogP contribution is -2.25. The monoisotopic (exact) mass is 310 g/mol. The Kier molecular flexibility index (Phi) is 4.81. The molecule has 0 N–H and O–H groups in total.